The van der Waals surface area contributed by atoms with Crippen molar-refractivity contribution >= 4 is 17.9 Å². The van der Waals surface area contributed by atoms with Gasteiger partial charge in [0.1, 0.15) is 0 Å². The van der Waals surface area contributed by atoms with Crippen LogP contribution in [0.5, 0.6) is 0 Å². The van der Waals surface area contributed by atoms with Gasteiger partial charge >= 0.3 is 6.03 Å². The molecule has 7 nitrogen and oxygen atoms in total. The zero-order valence-electron chi connectivity index (χ0n) is 16.8. The van der Waals surface area contributed by atoms with Crippen LogP contribution in [0.25, 0.3) is 0 Å². The van der Waals surface area contributed by atoms with Gasteiger partial charge in [-0.2, -0.15) is 0 Å². The molecule has 1 aromatic rings. The molecule has 5 saturated carbocycles. The second-order valence-corrected chi connectivity index (χ2v) is 9.59. The van der Waals surface area contributed by atoms with Crippen molar-refractivity contribution < 1.29 is 4.79 Å². The predicted octanol–water partition coefficient (Wildman–Crippen LogP) is 3.29. The predicted molar refractivity (Wildman–Crippen MR) is 108 cm³/mol. The Kier molecular flexibility index (Phi) is 4.29. The van der Waals surface area contributed by atoms with Gasteiger partial charge in [-0.15, -0.1) is 0 Å². The number of aliphatic imine (C=N–C) groups is 1. The fraction of sp³-hybridized carbons (Fsp3) is 0.714. The number of amides is 2. The molecule has 0 atom stereocenters. The van der Waals surface area contributed by atoms with Crippen molar-refractivity contribution in [1.82, 2.24) is 20.6 Å². The van der Waals surface area contributed by atoms with E-state index in [-0.39, 0.29) is 17.6 Å². The molecule has 5 aliphatic carbocycles. The van der Waals surface area contributed by atoms with Gasteiger partial charge in [-0.05, 0) is 89.0 Å². The number of hydrogen-bond donors (Lipinski definition) is 3. The maximum atomic E-state index is 12.9. The Morgan fingerprint density at radius 3 is 2.14 bits per heavy atom. The standard InChI is InChI=1S/C21H30N6O/c1-12-5-13(2)23-18(22-12)25-19(24-17-3-4-17)26-20(28)27-21-9-14-6-15(10-21)8-16(7-14)11-21/h5,14-17H,3-4,6-11H2,1-2H3,(H3,22,23,24,25,26,27,28). The van der Waals surface area contributed by atoms with E-state index in [1.807, 2.05) is 19.9 Å². The highest BCUT2D eigenvalue weighted by molar-refractivity contribution is 6.03. The maximum Gasteiger partial charge on any atom is 0.321 e. The quantitative estimate of drug-likeness (QED) is 0.553. The van der Waals surface area contributed by atoms with Gasteiger partial charge < -0.3 is 5.32 Å². The van der Waals surface area contributed by atoms with Crippen molar-refractivity contribution in [3.8, 4) is 0 Å². The number of aromatic nitrogens is 2. The Hall–Kier alpha value is -2.18. The first-order valence-electron chi connectivity index (χ1n) is 10.7. The summed E-state index contributed by atoms with van der Waals surface area (Å²) in [4.78, 5) is 26.3. The largest absolute Gasteiger partial charge is 0.332 e. The topological polar surface area (TPSA) is 91.3 Å². The van der Waals surface area contributed by atoms with Gasteiger partial charge in [0.15, 0.2) is 0 Å². The van der Waals surface area contributed by atoms with Gasteiger partial charge in [-0.3, -0.25) is 10.6 Å². The Morgan fingerprint density at radius 2 is 1.61 bits per heavy atom. The SMILES string of the molecule is Cc1cc(C)nc(NC(=NC2CC2)NC(=O)NC23CC4CC(CC(C4)C2)C3)n1. The number of nitrogens with one attached hydrogen (secondary N) is 3. The molecule has 0 aliphatic heterocycles. The van der Waals surface area contributed by atoms with Crippen LogP contribution in [0.2, 0.25) is 0 Å². The molecule has 1 aromatic heterocycles. The van der Waals surface area contributed by atoms with Gasteiger partial charge in [0.25, 0.3) is 0 Å². The fourth-order valence-corrected chi connectivity index (χ4v) is 6.01. The van der Waals surface area contributed by atoms with Crippen molar-refractivity contribution in [1.29, 1.82) is 0 Å². The van der Waals surface area contributed by atoms with Crippen LogP contribution in [-0.2, 0) is 0 Å². The summed E-state index contributed by atoms with van der Waals surface area (Å²) in [5.74, 6) is 3.33. The molecule has 6 rings (SSSR count). The molecule has 0 aromatic carbocycles. The molecule has 150 valence electrons. The lowest BCUT2D eigenvalue weighted by Gasteiger charge is -2.56. The summed E-state index contributed by atoms with van der Waals surface area (Å²) in [7, 11) is 0. The van der Waals surface area contributed by atoms with Gasteiger partial charge in [0.05, 0.1) is 6.04 Å². The van der Waals surface area contributed by atoms with Gasteiger partial charge in [0, 0.05) is 16.9 Å². The first kappa shape index (κ1) is 17.9. The van der Waals surface area contributed by atoms with E-state index in [1.54, 1.807) is 0 Å². The third kappa shape index (κ3) is 3.84. The van der Waals surface area contributed by atoms with E-state index in [0.717, 1.165) is 61.2 Å². The molecule has 0 spiro atoms. The Morgan fingerprint density at radius 1 is 1.04 bits per heavy atom. The normalized spacial score (nSPS) is 33.6. The maximum absolute atomic E-state index is 12.9. The number of guanidine groups is 1. The van der Waals surface area contributed by atoms with Crippen LogP contribution >= 0.6 is 0 Å². The second kappa shape index (κ2) is 6.71. The molecular formula is C21H30N6O. The molecule has 28 heavy (non-hydrogen) atoms. The van der Waals surface area contributed by atoms with Crippen molar-refractivity contribution in [2.24, 2.45) is 22.7 Å². The zero-order chi connectivity index (χ0) is 19.3. The molecule has 3 N–H and O–H groups in total. The summed E-state index contributed by atoms with van der Waals surface area (Å²) in [5.41, 5.74) is 1.76. The summed E-state index contributed by atoms with van der Waals surface area (Å²) in [6, 6.07) is 2.06. The third-order valence-corrected chi connectivity index (χ3v) is 6.72. The van der Waals surface area contributed by atoms with Gasteiger partial charge in [-0.25, -0.2) is 19.8 Å². The Labute approximate surface area is 166 Å². The van der Waals surface area contributed by atoms with Crippen LogP contribution < -0.4 is 16.0 Å². The average Bonchev–Trinajstić information content (AvgIpc) is 3.35. The molecule has 0 saturated heterocycles. The highest BCUT2D eigenvalue weighted by Crippen LogP contribution is 2.55. The smallest absolute Gasteiger partial charge is 0.321 e. The minimum atomic E-state index is -0.154. The Balaban J connectivity index is 1.27. The van der Waals surface area contributed by atoms with E-state index in [1.165, 1.54) is 19.3 Å². The van der Waals surface area contributed by atoms with Crippen LogP contribution in [0.3, 0.4) is 0 Å². The number of anilines is 1. The molecule has 4 bridgehead atoms. The van der Waals surface area contributed by atoms with E-state index in [4.69, 9.17) is 0 Å². The number of rotatable bonds is 3. The van der Waals surface area contributed by atoms with E-state index in [2.05, 4.69) is 30.9 Å². The minimum absolute atomic E-state index is 0.0139. The summed E-state index contributed by atoms with van der Waals surface area (Å²) in [6.07, 6.45) is 9.63. The summed E-state index contributed by atoms with van der Waals surface area (Å²) in [6.45, 7) is 3.87. The zero-order valence-corrected chi connectivity index (χ0v) is 16.8. The molecule has 5 aliphatic rings. The fourth-order valence-electron chi connectivity index (χ4n) is 6.01. The van der Waals surface area contributed by atoms with Crippen LogP contribution in [0.15, 0.2) is 11.1 Å². The summed E-state index contributed by atoms with van der Waals surface area (Å²) in [5, 5.41) is 9.43. The van der Waals surface area contributed by atoms with E-state index < -0.39 is 0 Å². The highest BCUT2D eigenvalue weighted by Gasteiger charge is 2.51. The summed E-state index contributed by atoms with van der Waals surface area (Å²) < 4.78 is 0. The highest BCUT2D eigenvalue weighted by atomic mass is 16.2. The van der Waals surface area contributed by atoms with E-state index >= 15 is 0 Å². The molecule has 5 fully saturated rings. The molecular weight excluding hydrogens is 352 g/mol. The lowest BCUT2D eigenvalue weighted by Crippen LogP contribution is -2.62. The molecule has 2 amide bonds. The van der Waals surface area contributed by atoms with Gasteiger partial charge in [-0.1, -0.05) is 0 Å². The number of carbonyl (C=O) groups is 1. The first-order valence-corrected chi connectivity index (χ1v) is 10.7. The number of nitrogens with zero attached hydrogens (tertiary/aromatic N) is 3. The van der Waals surface area contributed by atoms with Crippen LogP contribution in [0, 0.1) is 31.6 Å². The third-order valence-electron chi connectivity index (χ3n) is 6.72. The van der Waals surface area contributed by atoms with Crippen LogP contribution in [-0.4, -0.2) is 33.5 Å². The lowest BCUT2D eigenvalue weighted by atomic mass is 9.53. The molecule has 7 heteroatoms. The van der Waals surface area contributed by atoms with Crippen molar-refractivity contribution in [3.05, 3.63) is 17.5 Å². The number of carbonyl (C=O) groups excluding carboxylic acids is 1. The molecule has 0 unspecified atom stereocenters. The second-order valence-electron chi connectivity index (χ2n) is 9.59. The van der Waals surface area contributed by atoms with E-state index in [0.29, 0.717) is 11.9 Å². The first-order chi connectivity index (χ1) is 13.4. The minimum Gasteiger partial charge on any atom is -0.332 e. The molecule has 1 heterocycles. The van der Waals surface area contributed by atoms with Crippen LogP contribution in [0.4, 0.5) is 10.7 Å². The van der Waals surface area contributed by atoms with Crippen LogP contribution in [0.1, 0.15) is 62.8 Å². The Bertz CT molecular complexity index is 760. The van der Waals surface area contributed by atoms with Gasteiger partial charge in [0.2, 0.25) is 11.9 Å². The molecule has 0 radical (unpaired) electrons. The number of urea groups is 1. The monoisotopic (exact) mass is 382 g/mol. The van der Waals surface area contributed by atoms with E-state index in [9.17, 15) is 4.79 Å². The lowest BCUT2D eigenvalue weighted by molar-refractivity contribution is -0.0132. The van der Waals surface area contributed by atoms with Crippen molar-refractivity contribution in [3.63, 3.8) is 0 Å². The number of aryl methyl sites for hydroxylation is 2. The average molecular weight is 383 g/mol. The van der Waals surface area contributed by atoms with Crippen molar-refractivity contribution in [2.75, 3.05) is 5.32 Å². The van der Waals surface area contributed by atoms with Crippen molar-refractivity contribution in [2.45, 2.75) is 76.8 Å². The summed E-state index contributed by atoms with van der Waals surface area (Å²) >= 11 is 0. The number of hydrogen-bond acceptors (Lipinski definition) is 4.